The summed E-state index contributed by atoms with van der Waals surface area (Å²) in [5, 5.41) is 16.0. The number of amides is 1. The SMILES string of the molecule is C=C(C)COc1cc(C)cc2oc(=O)c(CC(=O)Nc3nn[nH]n3)c(C)c12. The number of carbonyl (C=O) groups is 1. The first-order valence-electron chi connectivity index (χ1n) is 8.22. The molecular formula is C18H19N5O4. The third kappa shape index (κ3) is 4.02. The first kappa shape index (κ1) is 18.3. The van der Waals surface area contributed by atoms with Crippen molar-refractivity contribution in [2.24, 2.45) is 0 Å². The highest BCUT2D eigenvalue weighted by molar-refractivity contribution is 5.93. The van der Waals surface area contributed by atoms with E-state index >= 15 is 0 Å². The Kier molecular flexibility index (Phi) is 5.02. The summed E-state index contributed by atoms with van der Waals surface area (Å²) in [6.45, 7) is 9.68. The molecule has 0 radical (unpaired) electrons. The standard InChI is InChI=1S/C18H19N5O4/c1-9(2)8-26-13-5-10(3)6-14-16(13)11(4)12(17(25)27-14)7-15(24)19-18-20-22-23-21-18/h5-6H,1,7-8H2,2-4H3,(H2,19,20,21,22,23,24). The summed E-state index contributed by atoms with van der Waals surface area (Å²) in [6.07, 6.45) is -0.188. The number of benzene rings is 1. The molecule has 2 N–H and O–H groups in total. The molecule has 0 aliphatic carbocycles. The second-order valence-electron chi connectivity index (χ2n) is 6.34. The molecule has 9 heteroatoms. The number of tetrazole rings is 1. The number of ether oxygens (including phenoxy) is 1. The number of nitrogens with zero attached hydrogens (tertiary/aromatic N) is 3. The summed E-state index contributed by atoms with van der Waals surface area (Å²) in [7, 11) is 0. The van der Waals surface area contributed by atoms with Gasteiger partial charge in [0, 0.05) is 0 Å². The number of rotatable bonds is 6. The number of carbonyl (C=O) groups excluding carboxylic acids is 1. The second kappa shape index (κ2) is 7.40. The van der Waals surface area contributed by atoms with Crippen LogP contribution in [0.15, 0.2) is 33.5 Å². The number of H-pyrrole nitrogens is 1. The van der Waals surface area contributed by atoms with E-state index in [-0.39, 0.29) is 17.9 Å². The third-order valence-electron chi connectivity index (χ3n) is 3.90. The first-order valence-corrected chi connectivity index (χ1v) is 8.22. The van der Waals surface area contributed by atoms with Crippen molar-refractivity contribution in [2.45, 2.75) is 27.2 Å². The number of aromatic amines is 1. The van der Waals surface area contributed by atoms with E-state index in [0.29, 0.717) is 28.9 Å². The quantitative estimate of drug-likeness (QED) is 0.503. The summed E-state index contributed by atoms with van der Waals surface area (Å²) < 4.78 is 11.3. The highest BCUT2D eigenvalue weighted by Crippen LogP contribution is 2.31. The van der Waals surface area contributed by atoms with Crippen LogP contribution < -0.4 is 15.7 Å². The number of hydrogen-bond donors (Lipinski definition) is 2. The fraction of sp³-hybridized carbons (Fsp3) is 0.278. The summed E-state index contributed by atoms with van der Waals surface area (Å²) in [5.74, 6) is 0.153. The number of aryl methyl sites for hydroxylation is 2. The maximum atomic E-state index is 12.4. The van der Waals surface area contributed by atoms with Crippen LogP contribution in [-0.2, 0) is 11.2 Å². The lowest BCUT2D eigenvalue weighted by Crippen LogP contribution is -2.21. The van der Waals surface area contributed by atoms with E-state index in [9.17, 15) is 9.59 Å². The molecule has 0 aliphatic heterocycles. The van der Waals surface area contributed by atoms with Crippen molar-refractivity contribution in [3.05, 3.63) is 51.4 Å². The van der Waals surface area contributed by atoms with Crippen molar-refractivity contribution < 1.29 is 13.9 Å². The van der Waals surface area contributed by atoms with Gasteiger partial charge in [-0.3, -0.25) is 10.1 Å². The van der Waals surface area contributed by atoms with E-state index in [2.05, 4.69) is 32.5 Å². The van der Waals surface area contributed by atoms with Crippen LogP contribution in [0.25, 0.3) is 11.0 Å². The molecule has 0 saturated carbocycles. The van der Waals surface area contributed by atoms with E-state index in [1.165, 1.54) is 0 Å². The van der Waals surface area contributed by atoms with Gasteiger partial charge in [0.15, 0.2) is 0 Å². The van der Waals surface area contributed by atoms with Gasteiger partial charge in [0.1, 0.15) is 17.9 Å². The van der Waals surface area contributed by atoms with Gasteiger partial charge in [0.2, 0.25) is 5.91 Å². The van der Waals surface area contributed by atoms with E-state index in [4.69, 9.17) is 9.15 Å². The molecule has 0 spiro atoms. The van der Waals surface area contributed by atoms with Gasteiger partial charge in [-0.15, -0.1) is 5.10 Å². The van der Waals surface area contributed by atoms with Crippen molar-refractivity contribution in [1.82, 2.24) is 20.6 Å². The zero-order valence-electron chi connectivity index (χ0n) is 15.3. The molecule has 1 amide bonds. The van der Waals surface area contributed by atoms with Crippen molar-refractivity contribution in [3.63, 3.8) is 0 Å². The number of anilines is 1. The minimum absolute atomic E-state index is 0.0314. The lowest BCUT2D eigenvalue weighted by molar-refractivity contribution is -0.115. The average molecular weight is 369 g/mol. The van der Waals surface area contributed by atoms with Crippen molar-refractivity contribution >= 4 is 22.8 Å². The third-order valence-corrected chi connectivity index (χ3v) is 3.90. The Morgan fingerprint density at radius 3 is 2.81 bits per heavy atom. The van der Waals surface area contributed by atoms with E-state index in [1.54, 1.807) is 13.0 Å². The van der Waals surface area contributed by atoms with Gasteiger partial charge < -0.3 is 9.15 Å². The molecule has 0 unspecified atom stereocenters. The summed E-state index contributed by atoms with van der Waals surface area (Å²) in [4.78, 5) is 24.6. The minimum atomic E-state index is -0.570. The van der Waals surface area contributed by atoms with Crippen LogP contribution in [-0.4, -0.2) is 33.1 Å². The first-order chi connectivity index (χ1) is 12.8. The smallest absolute Gasteiger partial charge is 0.340 e. The normalized spacial score (nSPS) is 10.8. The Morgan fingerprint density at radius 1 is 1.37 bits per heavy atom. The molecule has 0 bridgehead atoms. The van der Waals surface area contributed by atoms with Crippen LogP contribution in [0, 0.1) is 13.8 Å². The Morgan fingerprint density at radius 2 is 2.15 bits per heavy atom. The molecular weight excluding hydrogens is 350 g/mol. The summed E-state index contributed by atoms with van der Waals surface area (Å²) in [5.41, 5.74) is 2.47. The van der Waals surface area contributed by atoms with Crippen LogP contribution in [0.4, 0.5) is 5.95 Å². The topological polar surface area (TPSA) is 123 Å². The van der Waals surface area contributed by atoms with Gasteiger partial charge in [-0.1, -0.05) is 11.7 Å². The molecule has 0 saturated heterocycles. The molecule has 9 nitrogen and oxygen atoms in total. The number of fused-ring (bicyclic) bond motifs is 1. The molecule has 140 valence electrons. The predicted molar refractivity (Wildman–Crippen MR) is 98.8 cm³/mol. The highest BCUT2D eigenvalue weighted by Gasteiger charge is 2.19. The van der Waals surface area contributed by atoms with E-state index in [0.717, 1.165) is 11.1 Å². The summed E-state index contributed by atoms with van der Waals surface area (Å²) >= 11 is 0. The van der Waals surface area contributed by atoms with E-state index < -0.39 is 11.5 Å². The highest BCUT2D eigenvalue weighted by atomic mass is 16.5. The van der Waals surface area contributed by atoms with Crippen LogP contribution in [0.1, 0.15) is 23.6 Å². The maximum Gasteiger partial charge on any atom is 0.340 e. The lowest BCUT2D eigenvalue weighted by atomic mass is 10.0. The summed E-state index contributed by atoms with van der Waals surface area (Å²) in [6, 6.07) is 3.63. The van der Waals surface area contributed by atoms with E-state index in [1.807, 2.05) is 19.9 Å². The molecule has 2 aromatic heterocycles. The number of nitrogens with one attached hydrogen (secondary N) is 2. The van der Waals surface area contributed by atoms with Crippen LogP contribution >= 0.6 is 0 Å². The maximum absolute atomic E-state index is 12.4. The lowest BCUT2D eigenvalue weighted by Gasteiger charge is -2.14. The molecule has 0 aliphatic rings. The molecule has 2 heterocycles. The largest absolute Gasteiger partial charge is 0.488 e. The molecule has 0 fully saturated rings. The van der Waals surface area contributed by atoms with Gasteiger partial charge in [-0.25, -0.2) is 4.79 Å². The molecule has 3 aromatic rings. The predicted octanol–water partition coefficient (Wildman–Crippen LogP) is 2.06. The molecule has 0 atom stereocenters. The van der Waals surface area contributed by atoms with Crippen molar-refractivity contribution in [1.29, 1.82) is 0 Å². The van der Waals surface area contributed by atoms with Gasteiger partial charge in [0.25, 0.3) is 5.95 Å². The van der Waals surface area contributed by atoms with Crippen molar-refractivity contribution in [3.8, 4) is 5.75 Å². The van der Waals surface area contributed by atoms with Gasteiger partial charge in [-0.05, 0) is 54.8 Å². The van der Waals surface area contributed by atoms with Crippen LogP contribution in [0.5, 0.6) is 5.75 Å². The van der Waals surface area contributed by atoms with Crippen LogP contribution in [0.2, 0.25) is 0 Å². The van der Waals surface area contributed by atoms with Crippen LogP contribution in [0.3, 0.4) is 0 Å². The van der Waals surface area contributed by atoms with Crippen molar-refractivity contribution in [2.75, 3.05) is 11.9 Å². The van der Waals surface area contributed by atoms with Gasteiger partial charge >= 0.3 is 5.63 Å². The molecule has 27 heavy (non-hydrogen) atoms. The Bertz CT molecular complexity index is 1070. The second-order valence-corrected chi connectivity index (χ2v) is 6.34. The molecule has 1 aromatic carbocycles. The fourth-order valence-electron chi connectivity index (χ4n) is 2.70. The van der Waals surface area contributed by atoms with Gasteiger partial charge in [-0.2, -0.15) is 5.21 Å². The zero-order chi connectivity index (χ0) is 19.6. The minimum Gasteiger partial charge on any atom is -0.488 e. The zero-order valence-corrected chi connectivity index (χ0v) is 15.3. The Balaban J connectivity index is 2.01. The average Bonchev–Trinajstić information content (AvgIpc) is 3.08. The number of hydrogen-bond acceptors (Lipinski definition) is 7. The Labute approximate surface area is 154 Å². The van der Waals surface area contributed by atoms with Gasteiger partial charge in [0.05, 0.1) is 17.4 Å². The fourth-order valence-corrected chi connectivity index (χ4v) is 2.70. The molecule has 3 rings (SSSR count). The monoisotopic (exact) mass is 369 g/mol. The number of aromatic nitrogens is 4. The Hall–Kier alpha value is -3.49.